The average Bonchev–Trinajstić information content (AvgIpc) is 2.83. The number of hydrogen-bond acceptors (Lipinski definition) is 2. The molecular formula is C15H11BrF2O2. The smallest absolute Gasteiger partial charge is 0.128 e. The minimum absolute atomic E-state index is 0.165. The molecule has 1 heterocycles. The maximum atomic E-state index is 13.3. The molecule has 104 valence electrons. The summed E-state index contributed by atoms with van der Waals surface area (Å²) in [5.41, 5.74) is 1.65. The first kappa shape index (κ1) is 13.5. The Balaban J connectivity index is 2.08. The third-order valence-corrected chi connectivity index (χ3v) is 3.73. The number of fused-ring (bicyclic) bond motifs is 1. The van der Waals surface area contributed by atoms with Gasteiger partial charge in [0.25, 0.3) is 0 Å². The van der Waals surface area contributed by atoms with Crippen LogP contribution in [-0.4, -0.2) is 11.7 Å². The number of benzene rings is 2. The van der Waals surface area contributed by atoms with Crippen LogP contribution in [-0.2, 0) is 6.42 Å². The summed E-state index contributed by atoms with van der Waals surface area (Å²) in [6, 6.07) is 6.65. The summed E-state index contributed by atoms with van der Waals surface area (Å²) in [5, 5.41) is 10.4. The topological polar surface area (TPSA) is 29.5 Å². The quantitative estimate of drug-likeness (QED) is 0.902. The molecule has 0 spiro atoms. The van der Waals surface area contributed by atoms with Crippen LogP contribution >= 0.6 is 15.9 Å². The van der Waals surface area contributed by atoms with Crippen molar-refractivity contribution < 1.29 is 18.6 Å². The van der Waals surface area contributed by atoms with Crippen molar-refractivity contribution in [1.82, 2.24) is 0 Å². The second-order valence-electron chi connectivity index (χ2n) is 4.69. The highest BCUT2D eigenvalue weighted by atomic mass is 79.9. The molecule has 1 aliphatic heterocycles. The highest BCUT2D eigenvalue weighted by Gasteiger charge is 2.23. The van der Waals surface area contributed by atoms with Gasteiger partial charge in [0.05, 0.1) is 6.61 Å². The molecule has 1 atom stereocenters. The fourth-order valence-corrected chi connectivity index (χ4v) is 2.94. The van der Waals surface area contributed by atoms with Crippen LogP contribution in [0.1, 0.15) is 22.8 Å². The van der Waals surface area contributed by atoms with Gasteiger partial charge in [0, 0.05) is 22.5 Å². The minimum atomic E-state index is -1.13. The third-order valence-electron chi connectivity index (χ3n) is 3.27. The summed E-state index contributed by atoms with van der Waals surface area (Å²) >= 11 is 3.37. The van der Waals surface area contributed by atoms with Crippen LogP contribution in [0.4, 0.5) is 8.78 Å². The van der Waals surface area contributed by atoms with Crippen LogP contribution in [0.5, 0.6) is 5.75 Å². The Morgan fingerprint density at radius 3 is 2.50 bits per heavy atom. The average molecular weight is 341 g/mol. The normalized spacial score (nSPS) is 14.8. The van der Waals surface area contributed by atoms with Crippen LogP contribution in [0.15, 0.2) is 34.8 Å². The van der Waals surface area contributed by atoms with Gasteiger partial charge in [0.2, 0.25) is 0 Å². The van der Waals surface area contributed by atoms with E-state index in [-0.39, 0.29) is 5.56 Å². The molecule has 2 nitrogen and oxygen atoms in total. The molecule has 0 saturated heterocycles. The summed E-state index contributed by atoms with van der Waals surface area (Å²) in [6.45, 7) is 0.545. The second kappa shape index (κ2) is 5.14. The molecule has 1 unspecified atom stereocenters. The Bertz CT molecular complexity index is 653. The Morgan fingerprint density at radius 2 is 1.80 bits per heavy atom. The van der Waals surface area contributed by atoms with E-state index in [1.807, 2.05) is 6.07 Å². The van der Waals surface area contributed by atoms with Crippen molar-refractivity contribution >= 4 is 15.9 Å². The predicted molar refractivity (Wildman–Crippen MR) is 73.8 cm³/mol. The number of aliphatic hydroxyl groups is 1. The largest absolute Gasteiger partial charge is 0.493 e. The maximum absolute atomic E-state index is 13.3. The van der Waals surface area contributed by atoms with Crippen LogP contribution in [0, 0.1) is 11.6 Å². The SMILES string of the molecule is OC(c1cc(F)cc(F)c1)c1cc(Br)cc2c1OCC2. The number of rotatable bonds is 2. The van der Waals surface area contributed by atoms with Gasteiger partial charge >= 0.3 is 0 Å². The molecule has 0 aliphatic carbocycles. The zero-order valence-corrected chi connectivity index (χ0v) is 12.0. The van der Waals surface area contributed by atoms with Gasteiger partial charge in [-0.2, -0.15) is 0 Å². The van der Waals surface area contributed by atoms with E-state index in [0.29, 0.717) is 17.9 Å². The molecule has 0 bridgehead atoms. The van der Waals surface area contributed by atoms with E-state index >= 15 is 0 Å². The van der Waals surface area contributed by atoms with E-state index in [2.05, 4.69) is 15.9 Å². The zero-order valence-electron chi connectivity index (χ0n) is 10.4. The molecule has 20 heavy (non-hydrogen) atoms. The molecule has 2 aromatic rings. The van der Waals surface area contributed by atoms with Crippen LogP contribution in [0.2, 0.25) is 0 Å². The van der Waals surface area contributed by atoms with Crippen molar-refractivity contribution in [1.29, 1.82) is 0 Å². The van der Waals surface area contributed by atoms with E-state index < -0.39 is 17.7 Å². The molecule has 1 aliphatic rings. The molecule has 1 N–H and O–H groups in total. The maximum Gasteiger partial charge on any atom is 0.128 e. The number of ether oxygens (including phenoxy) is 1. The minimum Gasteiger partial charge on any atom is -0.493 e. The van der Waals surface area contributed by atoms with Crippen molar-refractivity contribution in [3.63, 3.8) is 0 Å². The molecule has 0 amide bonds. The fraction of sp³-hybridized carbons (Fsp3) is 0.200. The summed E-state index contributed by atoms with van der Waals surface area (Å²) < 4.78 is 32.8. The second-order valence-corrected chi connectivity index (χ2v) is 5.60. The number of hydrogen-bond donors (Lipinski definition) is 1. The Labute approximate surface area is 123 Å². The van der Waals surface area contributed by atoms with Crippen LogP contribution in [0.25, 0.3) is 0 Å². The van der Waals surface area contributed by atoms with Gasteiger partial charge in [0.1, 0.15) is 23.5 Å². The van der Waals surface area contributed by atoms with E-state index in [1.165, 1.54) is 0 Å². The van der Waals surface area contributed by atoms with E-state index in [9.17, 15) is 13.9 Å². The van der Waals surface area contributed by atoms with Crippen molar-refractivity contribution in [2.75, 3.05) is 6.61 Å². The van der Waals surface area contributed by atoms with Crippen molar-refractivity contribution in [3.8, 4) is 5.75 Å². The first-order valence-corrected chi connectivity index (χ1v) is 6.93. The molecule has 3 rings (SSSR count). The lowest BCUT2D eigenvalue weighted by Crippen LogP contribution is -2.03. The molecular weight excluding hydrogens is 330 g/mol. The van der Waals surface area contributed by atoms with Gasteiger partial charge in [-0.3, -0.25) is 0 Å². The summed E-state index contributed by atoms with van der Waals surface area (Å²) in [6.07, 6.45) is -0.379. The van der Waals surface area contributed by atoms with Gasteiger partial charge in [-0.1, -0.05) is 15.9 Å². The number of halogens is 3. The van der Waals surface area contributed by atoms with E-state index in [1.54, 1.807) is 6.07 Å². The first-order valence-electron chi connectivity index (χ1n) is 6.14. The fourth-order valence-electron chi connectivity index (χ4n) is 2.41. The summed E-state index contributed by atoms with van der Waals surface area (Å²) in [4.78, 5) is 0. The first-order chi connectivity index (χ1) is 9.54. The highest BCUT2D eigenvalue weighted by molar-refractivity contribution is 9.10. The lowest BCUT2D eigenvalue weighted by atomic mass is 9.98. The standard InChI is InChI=1S/C15H11BrF2O2/c16-10-3-8-1-2-20-15(8)13(6-10)14(19)9-4-11(17)7-12(18)5-9/h3-7,14,19H,1-2H2. The van der Waals surface area contributed by atoms with Gasteiger partial charge in [-0.05, 0) is 35.4 Å². The Hall–Kier alpha value is -1.46. The van der Waals surface area contributed by atoms with Crippen LogP contribution < -0.4 is 4.74 Å². The highest BCUT2D eigenvalue weighted by Crippen LogP contribution is 2.38. The van der Waals surface area contributed by atoms with Gasteiger partial charge in [0.15, 0.2) is 0 Å². The lowest BCUT2D eigenvalue weighted by molar-refractivity contribution is 0.212. The van der Waals surface area contributed by atoms with Crippen molar-refractivity contribution in [2.24, 2.45) is 0 Å². The molecule has 0 radical (unpaired) electrons. The number of aliphatic hydroxyl groups excluding tert-OH is 1. The molecule has 2 aromatic carbocycles. The monoisotopic (exact) mass is 340 g/mol. The molecule has 0 aromatic heterocycles. The van der Waals surface area contributed by atoms with Crippen molar-refractivity contribution in [3.05, 3.63) is 63.1 Å². The van der Waals surface area contributed by atoms with Gasteiger partial charge < -0.3 is 9.84 Å². The summed E-state index contributed by atoms with van der Waals surface area (Å²) in [7, 11) is 0. The molecule has 5 heteroatoms. The predicted octanol–water partition coefficient (Wildman–Crippen LogP) is 3.74. The zero-order chi connectivity index (χ0) is 14.3. The van der Waals surface area contributed by atoms with Gasteiger partial charge in [-0.15, -0.1) is 0 Å². The van der Waals surface area contributed by atoms with Crippen LogP contribution in [0.3, 0.4) is 0 Å². The summed E-state index contributed by atoms with van der Waals surface area (Å²) in [5.74, 6) is -0.830. The van der Waals surface area contributed by atoms with E-state index in [4.69, 9.17) is 4.74 Å². The van der Waals surface area contributed by atoms with Gasteiger partial charge in [-0.25, -0.2) is 8.78 Å². The lowest BCUT2D eigenvalue weighted by Gasteiger charge is -2.16. The molecule has 0 saturated carbocycles. The van der Waals surface area contributed by atoms with E-state index in [0.717, 1.165) is 34.7 Å². The van der Waals surface area contributed by atoms with Crippen molar-refractivity contribution in [2.45, 2.75) is 12.5 Å². The molecule has 0 fully saturated rings. The Morgan fingerprint density at radius 1 is 1.10 bits per heavy atom. The Kier molecular flexibility index (Phi) is 3.48. The third kappa shape index (κ3) is 2.43.